The molecule has 2 rings (SSSR count). The molecule has 0 aliphatic heterocycles. The summed E-state index contributed by atoms with van der Waals surface area (Å²) in [4.78, 5) is 32.6. The van der Waals surface area contributed by atoms with Crippen LogP contribution in [0.1, 0.15) is 26.5 Å². The molecule has 9 nitrogen and oxygen atoms in total. The second-order valence-corrected chi connectivity index (χ2v) is 4.21. The van der Waals surface area contributed by atoms with Crippen LogP contribution in [0.5, 0.6) is 0 Å². The van der Waals surface area contributed by atoms with Crippen LogP contribution in [0, 0.1) is 10.1 Å². The van der Waals surface area contributed by atoms with Crippen molar-refractivity contribution in [2.24, 2.45) is 5.10 Å². The van der Waals surface area contributed by atoms with E-state index in [0.29, 0.717) is 11.1 Å². The number of methoxy groups -OCH3 is 1. The minimum atomic E-state index is -0.747. The van der Waals surface area contributed by atoms with E-state index in [4.69, 9.17) is 4.42 Å². The van der Waals surface area contributed by atoms with Gasteiger partial charge in [-0.2, -0.15) is 5.10 Å². The highest BCUT2D eigenvalue weighted by atomic mass is 16.6. The lowest BCUT2D eigenvalue weighted by molar-refractivity contribution is -0.402. The smallest absolute Gasteiger partial charge is 0.433 e. The van der Waals surface area contributed by atoms with Gasteiger partial charge < -0.3 is 9.15 Å². The number of carbonyl (C=O) groups excluding carboxylic acids is 2. The topological polar surface area (TPSA) is 124 Å². The lowest BCUT2D eigenvalue weighted by Gasteiger charge is -1.99. The third-order valence-corrected chi connectivity index (χ3v) is 2.71. The molecule has 0 bridgehead atoms. The van der Waals surface area contributed by atoms with E-state index < -0.39 is 22.7 Å². The summed E-state index contributed by atoms with van der Waals surface area (Å²) in [5.41, 5.74) is 3.18. The van der Waals surface area contributed by atoms with Gasteiger partial charge in [-0.25, -0.2) is 10.2 Å². The summed E-state index contributed by atoms with van der Waals surface area (Å²) in [6.45, 7) is 0. The fourth-order valence-corrected chi connectivity index (χ4v) is 1.59. The molecule has 0 fully saturated rings. The number of furan rings is 1. The van der Waals surface area contributed by atoms with Crippen LogP contribution in [-0.2, 0) is 4.74 Å². The van der Waals surface area contributed by atoms with Gasteiger partial charge in [-0.3, -0.25) is 14.9 Å². The molecular formula is C14H11N3O6. The highest BCUT2D eigenvalue weighted by Crippen LogP contribution is 2.15. The standard InChI is InChI=1S/C14H11N3O6/c1-22-14(19)10-4-2-9(3-5-10)8-15-16-13(18)11-6-7-12(23-11)17(20)21/h2-8H,1H3,(H,16,18)/b15-8+. The molecule has 0 radical (unpaired) electrons. The van der Waals surface area contributed by atoms with Crippen LogP contribution < -0.4 is 5.43 Å². The first-order chi connectivity index (χ1) is 11.0. The highest BCUT2D eigenvalue weighted by Gasteiger charge is 2.16. The molecule has 0 unspecified atom stereocenters. The Balaban J connectivity index is 1.96. The van der Waals surface area contributed by atoms with Crippen molar-refractivity contribution in [3.05, 3.63) is 63.4 Å². The fourth-order valence-electron chi connectivity index (χ4n) is 1.59. The first-order valence-corrected chi connectivity index (χ1v) is 6.27. The molecule has 0 spiro atoms. The van der Waals surface area contributed by atoms with Gasteiger partial charge in [0, 0.05) is 0 Å². The summed E-state index contributed by atoms with van der Waals surface area (Å²) in [5.74, 6) is -1.94. The Labute approximate surface area is 129 Å². The van der Waals surface area contributed by atoms with Gasteiger partial charge in [0.25, 0.3) is 0 Å². The minimum Gasteiger partial charge on any atom is -0.465 e. The first kappa shape index (κ1) is 15.9. The fraction of sp³-hybridized carbons (Fsp3) is 0.0714. The van der Waals surface area contributed by atoms with Gasteiger partial charge in [-0.15, -0.1) is 0 Å². The van der Waals surface area contributed by atoms with Gasteiger partial charge in [0.15, 0.2) is 0 Å². The predicted molar refractivity (Wildman–Crippen MR) is 78.2 cm³/mol. The minimum absolute atomic E-state index is 0.227. The number of ether oxygens (including phenoxy) is 1. The Morgan fingerprint density at radius 1 is 1.26 bits per heavy atom. The quantitative estimate of drug-likeness (QED) is 0.387. The number of carbonyl (C=O) groups is 2. The number of esters is 1. The number of nitro groups is 1. The number of hydrogen-bond donors (Lipinski definition) is 1. The molecule has 0 atom stereocenters. The zero-order chi connectivity index (χ0) is 16.8. The Kier molecular flexibility index (Phi) is 4.82. The lowest BCUT2D eigenvalue weighted by atomic mass is 10.1. The van der Waals surface area contributed by atoms with Crippen LogP contribution in [0.4, 0.5) is 5.88 Å². The van der Waals surface area contributed by atoms with E-state index >= 15 is 0 Å². The molecule has 9 heteroatoms. The molecule has 1 aromatic heterocycles. The van der Waals surface area contributed by atoms with Crippen LogP contribution in [0.25, 0.3) is 0 Å². The normalized spacial score (nSPS) is 10.5. The summed E-state index contributed by atoms with van der Waals surface area (Å²) in [7, 11) is 1.28. The van der Waals surface area contributed by atoms with Gasteiger partial charge >= 0.3 is 17.8 Å². The van der Waals surface area contributed by atoms with E-state index in [-0.39, 0.29) is 5.76 Å². The van der Waals surface area contributed by atoms with Gasteiger partial charge in [0.2, 0.25) is 5.76 Å². The van der Waals surface area contributed by atoms with Crippen molar-refractivity contribution in [2.45, 2.75) is 0 Å². The van der Waals surface area contributed by atoms with Crippen molar-refractivity contribution in [3.8, 4) is 0 Å². The maximum atomic E-state index is 11.7. The van der Waals surface area contributed by atoms with Crippen molar-refractivity contribution in [1.82, 2.24) is 5.43 Å². The van der Waals surface area contributed by atoms with E-state index in [1.54, 1.807) is 24.3 Å². The molecule has 23 heavy (non-hydrogen) atoms. The van der Waals surface area contributed by atoms with E-state index in [2.05, 4.69) is 15.3 Å². The van der Waals surface area contributed by atoms with Gasteiger partial charge in [-0.1, -0.05) is 12.1 Å². The van der Waals surface area contributed by atoms with Crippen LogP contribution in [0.2, 0.25) is 0 Å². The average molecular weight is 317 g/mol. The SMILES string of the molecule is COC(=O)c1ccc(/C=N/NC(=O)c2ccc([N+](=O)[O-])o2)cc1. The van der Waals surface area contributed by atoms with Crippen molar-refractivity contribution in [1.29, 1.82) is 0 Å². The predicted octanol–water partition coefficient (Wildman–Crippen LogP) is 1.74. The zero-order valence-corrected chi connectivity index (χ0v) is 11.9. The summed E-state index contributed by atoms with van der Waals surface area (Å²) >= 11 is 0. The van der Waals surface area contributed by atoms with Crippen LogP contribution in [0.3, 0.4) is 0 Å². The Bertz CT molecular complexity index is 763. The molecule has 0 saturated carbocycles. The number of rotatable bonds is 5. The van der Waals surface area contributed by atoms with Crippen molar-refractivity contribution >= 4 is 24.0 Å². The molecule has 1 N–H and O–H groups in total. The summed E-state index contributed by atoms with van der Waals surface area (Å²) in [6, 6.07) is 8.56. The molecule has 1 heterocycles. The van der Waals surface area contributed by atoms with Gasteiger partial charge in [-0.05, 0) is 23.8 Å². The number of hydrogen-bond acceptors (Lipinski definition) is 7. The molecule has 0 aliphatic carbocycles. The molecule has 0 aliphatic rings. The molecule has 2 aromatic rings. The van der Waals surface area contributed by atoms with E-state index in [1.165, 1.54) is 19.4 Å². The van der Waals surface area contributed by atoms with Crippen molar-refractivity contribution < 1.29 is 23.7 Å². The van der Waals surface area contributed by atoms with Crippen molar-refractivity contribution in [2.75, 3.05) is 7.11 Å². The number of hydrazone groups is 1. The van der Waals surface area contributed by atoms with Crippen LogP contribution in [0.15, 0.2) is 45.9 Å². The van der Waals surface area contributed by atoms with E-state index in [0.717, 1.165) is 6.07 Å². The maximum absolute atomic E-state index is 11.7. The first-order valence-electron chi connectivity index (χ1n) is 6.27. The number of nitrogens with zero attached hydrogens (tertiary/aromatic N) is 2. The van der Waals surface area contributed by atoms with E-state index in [9.17, 15) is 19.7 Å². The second kappa shape index (κ2) is 6.98. The lowest BCUT2D eigenvalue weighted by Crippen LogP contribution is -2.16. The van der Waals surface area contributed by atoms with Crippen LogP contribution in [-0.4, -0.2) is 30.1 Å². The Hall–Kier alpha value is -3.49. The third-order valence-electron chi connectivity index (χ3n) is 2.71. The summed E-state index contributed by atoms with van der Waals surface area (Å²) < 4.78 is 9.30. The molecule has 0 saturated heterocycles. The monoisotopic (exact) mass is 317 g/mol. The molecular weight excluding hydrogens is 306 g/mol. The maximum Gasteiger partial charge on any atom is 0.433 e. The van der Waals surface area contributed by atoms with Crippen LogP contribution >= 0.6 is 0 Å². The number of nitrogens with one attached hydrogen (secondary N) is 1. The van der Waals surface area contributed by atoms with Crippen molar-refractivity contribution in [3.63, 3.8) is 0 Å². The second-order valence-electron chi connectivity index (χ2n) is 4.21. The molecule has 1 amide bonds. The number of benzene rings is 1. The van der Waals surface area contributed by atoms with Gasteiger partial charge in [0.1, 0.15) is 4.92 Å². The largest absolute Gasteiger partial charge is 0.465 e. The molecule has 1 aromatic carbocycles. The average Bonchev–Trinajstić information content (AvgIpc) is 3.05. The zero-order valence-electron chi connectivity index (χ0n) is 11.9. The third kappa shape index (κ3) is 4.00. The Morgan fingerprint density at radius 2 is 1.96 bits per heavy atom. The molecule has 118 valence electrons. The summed E-state index contributed by atoms with van der Waals surface area (Å²) in [6.07, 6.45) is 1.34. The highest BCUT2D eigenvalue weighted by molar-refractivity contribution is 5.93. The number of amides is 1. The Morgan fingerprint density at radius 3 is 2.52 bits per heavy atom. The van der Waals surface area contributed by atoms with Gasteiger partial charge in [0.05, 0.1) is 25.0 Å². The summed E-state index contributed by atoms with van der Waals surface area (Å²) in [5, 5.41) is 14.1. The van der Waals surface area contributed by atoms with E-state index in [1.807, 2.05) is 0 Å².